The number of phosphoric ester groups is 1. The van der Waals surface area contributed by atoms with E-state index in [9.17, 15) is 19.0 Å². The molecular weight excluding hydrogens is 1090 g/mol. The Morgan fingerprint density at radius 2 is 0.628 bits per heavy atom. The van der Waals surface area contributed by atoms with E-state index in [4.69, 9.17) is 18.5 Å². The third kappa shape index (κ3) is 67.5. The van der Waals surface area contributed by atoms with Crippen LogP contribution in [0.5, 0.6) is 0 Å². The minimum absolute atomic E-state index is 0.0573. The van der Waals surface area contributed by atoms with E-state index in [2.05, 4.69) is 233 Å². The summed E-state index contributed by atoms with van der Waals surface area (Å²) in [5.74, 6) is -0.933. The van der Waals surface area contributed by atoms with E-state index in [0.29, 0.717) is 23.9 Å². The van der Waals surface area contributed by atoms with E-state index in [-0.39, 0.29) is 26.1 Å². The van der Waals surface area contributed by atoms with E-state index in [1.54, 1.807) is 0 Å². The standard InChI is InChI=1S/C76H116NO8P/c1-6-8-10-12-14-16-18-20-22-24-26-28-30-32-33-34-35-36-37-38-39-40-41-42-43-45-47-49-51-53-55-57-59-61-63-65-67-69-76(79)85-74(73-84-86(80,81)83-71-70-77(3,4)5)72-82-75(78)68-66-64-62-60-58-56-54-52-50-48-46-44-31-29-27-25-23-21-19-17-15-13-11-9-7-2/h8-11,14-17,20-23,26-29,32-33,35-36,38-39,41-42,44-47,50-53,56-59,74H,6-7,12-13,18-19,24-25,30-31,34,37,40,43,48-49,54-55,60-73H2,1-5H3/b10-8-,11-9-,16-14-,17-15-,22-20-,23-21-,28-26-,29-27-,33-32-,36-35-,39-38-,42-41-,46-44-,47-45-,52-50-,53-51-,58-56-,59-57-. The molecular formula is C76H116NO8P. The normalized spacial score (nSPS) is 14.6. The zero-order valence-corrected chi connectivity index (χ0v) is 55.0. The fraction of sp³-hybridized carbons (Fsp3) is 0.500. The largest absolute Gasteiger partial charge is 0.756 e. The van der Waals surface area contributed by atoms with E-state index in [1.807, 2.05) is 21.1 Å². The van der Waals surface area contributed by atoms with Crippen molar-refractivity contribution in [2.24, 2.45) is 0 Å². The van der Waals surface area contributed by atoms with Crippen molar-refractivity contribution >= 4 is 19.8 Å². The van der Waals surface area contributed by atoms with E-state index < -0.39 is 32.5 Å². The van der Waals surface area contributed by atoms with Crippen LogP contribution >= 0.6 is 7.82 Å². The third-order valence-electron chi connectivity index (χ3n) is 12.5. The van der Waals surface area contributed by atoms with Gasteiger partial charge >= 0.3 is 11.9 Å². The van der Waals surface area contributed by atoms with Gasteiger partial charge in [0.15, 0.2) is 6.10 Å². The predicted molar refractivity (Wildman–Crippen MR) is 368 cm³/mol. The lowest BCUT2D eigenvalue weighted by Crippen LogP contribution is -2.37. The molecule has 0 aliphatic rings. The van der Waals surface area contributed by atoms with Crippen LogP contribution in [0.2, 0.25) is 0 Å². The van der Waals surface area contributed by atoms with Gasteiger partial charge in [0.2, 0.25) is 0 Å². The summed E-state index contributed by atoms with van der Waals surface area (Å²) in [5, 5.41) is 0. The summed E-state index contributed by atoms with van der Waals surface area (Å²) in [6, 6.07) is 0. The topological polar surface area (TPSA) is 111 Å². The molecule has 0 N–H and O–H groups in total. The number of likely N-dealkylation sites (N-methyl/N-ethyl adjacent to an activating group) is 1. The number of hydrogen-bond acceptors (Lipinski definition) is 8. The Balaban J connectivity index is 4.33. The van der Waals surface area contributed by atoms with Gasteiger partial charge in [-0.15, -0.1) is 0 Å². The van der Waals surface area contributed by atoms with Crippen molar-refractivity contribution in [3.05, 3.63) is 219 Å². The van der Waals surface area contributed by atoms with Crippen LogP contribution in [0, 0.1) is 0 Å². The molecule has 2 unspecified atom stereocenters. The lowest BCUT2D eigenvalue weighted by molar-refractivity contribution is -0.870. The van der Waals surface area contributed by atoms with Crippen LogP contribution in [-0.4, -0.2) is 70.0 Å². The molecule has 9 nitrogen and oxygen atoms in total. The number of ether oxygens (including phenoxy) is 2. The third-order valence-corrected chi connectivity index (χ3v) is 13.5. The highest BCUT2D eigenvalue weighted by Crippen LogP contribution is 2.38. The second-order valence-corrected chi connectivity index (χ2v) is 23.1. The maximum absolute atomic E-state index is 12.8. The van der Waals surface area contributed by atoms with Crippen LogP contribution in [0.15, 0.2) is 219 Å². The number of carbonyl (C=O) groups is 2. The highest BCUT2D eigenvalue weighted by molar-refractivity contribution is 7.45. The second kappa shape index (κ2) is 63.8. The number of hydrogen-bond donors (Lipinski definition) is 0. The van der Waals surface area contributed by atoms with Crippen molar-refractivity contribution in [1.82, 2.24) is 0 Å². The number of rotatable bonds is 56. The highest BCUT2D eigenvalue weighted by Gasteiger charge is 2.21. The van der Waals surface area contributed by atoms with Gasteiger partial charge in [-0.2, -0.15) is 0 Å². The Morgan fingerprint density at radius 1 is 0.360 bits per heavy atom. The van der Waals surface area contributed by atoms with Crippen LogP contribution in [0.3, 0.4) is 0 Å². The Kier molecular flexibility index (Phi) is 59.6. The van der Waals surface area contributed by atoms with Crippen molar-refractivity contribution in [1.29, 1.82) is 0 Å². The number of phosphoric acid groups is 1. The summed E-state index contributed by atoms with van der Waals surface area (Å²) >= 11 is 0. The molecule has 0 saturated carbocycles. The van der Waals surface area contributed by atoms with E-state index in [0.717, 1.165) is 154 Å². The van der Waals surface area contributed by atoms with E-state index in [1.165, 1.54) is 0 Å². The monoisotopic (exact) mass is 1200 g/mol. The molecule has 0 radical (unpaired) electrons. The fourth-order valence-corrected chi connectivity index (χ4v) is 8.31. The van der Waals surface area contributed by atoms with Gasteiger partial charge in [0.25, 0.3) is 7.82 Å². The number of allylic oxidation sites excluding steroid dienone is 36. The van der Waals surface area contributed by atoms with Crippen molar-refractivity contribution in [2.75, 3.05) is 47.5 Å². The van der Waals surface area contributed by atoms with E-state index >= 15 is 0 Å². The summed E-state index contributed by atoms with van der Waals surface area (Å²) < 4.78 is 34.1. The van der Waals surface area contributed by atoms with Crippen molar-refractivity contribution in [2.45, 2.75) is 200 Å². The average Bonchev–Trinajstić information content (AvgIpc) is 3.67. The fourth-order valence-electron chi connectivity index (χ4n) is 7.58. The summed E-state index contributed by atoms with van der Waals surface area (Å²) in [6.45, 7) is 3.89. The Hall–Kier alpha value is -5.67. The zero-order valence-electron chi connectivity index (χ0n) is 54.1. The first kappa shape index (κ1) is 80.3. The number of carbonyl (C=O) groups excluding carboxylic acids is 2. The maximum atomic E-state index is 12.8. The Bertz CT molecular complexity index is 2250. The highest BCUT2D eigenvalue weighted by atomic mass is 31.2. The predicted octanol–water partition coefficient (Wildman–Crippen LogP) is 20.6. The SMILES string of the molecule is CC/C=C\C/C=C\C/C=C\C/C=C\C/C=C\C/C=C\C/C=C\C/C=C\C/C=C\C/C=C\C/C=C\CCCCCC(=O)OC(COC(=O)CCCCC/C=C\C/C=C\C/C=C\C/C=C\C/C=C\C/C=C\C/C=C\CC)COP(=O)([O-])OCC[N+](C)(C)C. The number of nitrogens with zero attached hydrogens (tertiary/aromatic N) is 1. The molecule has 0 bridgehead atoms. The molecule has 2 atom stereocenters. The lowest BCUT2D eigenvalue weighted by Gasteiger charge is -2.28. The molecule has 0 aromatic carbocycles. The van der Waals surface area contributed by atoms with Gasteiger partial charge in [-0.05, 0) is 154 Å². The average molecular weight is 1200 g/mol. The van der Waals surface area contributed by atoms with Crippen LogP contribution in [-0.2, 0) is 32.7 Å². The molecule has 0 aromatic rings. The molecule has 86 heavy (non-hydrogen) atoms. The van der Waals surface area contributed by atoms with Crippen molar-refractivity contribution < 1.29 is 42.1 Å². The van der Waals surface area contributed by atoms with Crippen LogP contribution in [0.25, 0.3) is 0 Å². The first-order valence-electron chi connectivity index (χ1n) is 32.4. The maximum Gasteiger partial charge on any atom is 0.306 e. The number of esters is 2. The molecule has 10 heteroatoms. The Morgan fingerprint density at radius 3 is 0.907 bits per heavy atom. The molecule has 0 saturated heterocycles. The molecule has 0 aliphatic carbocycles. The van der Waals surface area contributed by atoms with Gasteiger partial charge in [-0.3, -0.25) is 14.2 Å². The molecule has 0 amide bonds. The van der Waals surface area contributed by atoms with Gasteiger partial charge in [0, 0.05) is 12.8 Å². The van der Waals surface area contributed by atoms with Gasteiger partial charge < -0.3 is 27.9 Å². The van der Waals surface area contributed by atoms with Crippen LogP contribution in [0.1, 0.15) is 194 Å². The first-order chi connectivity index (χ1) is 42.0. The quantitative estimate of drug-likeness (QED) is 0.0195. The first-order valence-corrected chi connectivity index (χ1v) is 33.9. The molecule has 0 fully saturated rings. The smallest absolute Gasteiger partial charge is 0.306 e. The molecule has 0 heterocycles. The van der Waals surface area contributed by atoms with Crippen molar-refractivity contribution in [3.63, 3.8) is 0 Å². The Labute approximate surface area is 525 Å². The molecule has 0 aliphatic heterocycles. The summed E-state index contributed by atoms with van der Waals surface area (Å²) in [5.41, 5.74) is 0. The number of quaternary nitrogens is 1. The number of unbranched alkanes of at least 4 members (excludes halogenated alkanes) is 6. The lowest BCUT2D eigenvalue weighted by atomic mass is 10.1. The minimum atomic E-state index is -4.68. The molecule has 0 aromatic heterocycles. The second-order valence-electron chi connectivity index (χ2n) is 21.7. The van der Waals surface area contributed by atoms with Gasteiger partial charge in [-0.25, -0.2) is 0 Å². The molecule has 0 rings (SSSR count). The van der Waals surface area contributed by atoms with Gasteiger partial charge in [-0.1, -0.05) is 245 Å². The van der Waals surface area contributed by atoms with Crippen molar-refractivity contribution in [3.8, 4) is 0 Å². The van der Waals surface area contributed by atoms with Gasteiger partial charge in [0.1, 0.15) is 19.8 Å². The molecule has 0 spiro atoms. The van der Waals surface area contributed by atoms with Crippen LogP contribution in [0.4, 0.5) is 0 Å². The van der Waals surface area contributed by atoms with Crippen LogP contribution < -0.4 is 4.89 Å². The minimum Gasteiger partial charge on any atom is -0.756 e. The summed E-state index contributed by atoms with van der Waals surface area (Å²) in [6.07, 6.45) is 103. The molecule has 478 valence electrons. The summed E-state index contributed by atoms with van der Waals surface area (Å²) in [4.78, 5) is 38.0. The zero-order chi connectivity index (χ0) is 62.6. The van der Waals surface area contributed by atoms with Gasteiger partial charge in [0.05, 0.1) is 27.7 Å². The summed E-state index contributed by atoms with van der Waals surface area (Å²) in [7, 11) is 1.08.